The monoisotopic (exact) mass is 238 g/mol. The second-order valence-electron chi connectivity index (χ2n) is 5.52. The maximum Gasteiger partial charge on any atom is 0.320 e. The van der Waals surface area contributed by atoms with E-state index in [0.717, 1.165) is 31.8 Å². The van der Waals surface area contributed by atoms with Crippen LogP contribution in [0.5, 0.6) is 0 Å². The van der Waals surface area contributed by atoms with Gasteiger partial charge in [-0.1, -0.05) is 13.8 Å². The molecule has 1 atom stereocenters. The zero-order valence-corrected chi connectivity index (χ0v) is 10.8. The quantitative estimate of drug-likeness (QED) is 0.645. The van der Waals surface area contributed by atoms with Gasteiger partial charge in [0.25, 0.3) is 0 Å². The molecule has 2 aliphatic rings. The summed E-state index contributed by atoms with van der Waals surface area (Å²) in [4.78, 5) is 27.5. The molecular weight excluding hydrogens is 216 g/mol. The van der Waals surface area contributed by atoms with Crippen LogP contribution in [0.3, 0.4) is 0 Å². The van der Waals surface area contributed by atoms with Crippen LogP contribution in [0, 0.1) is 11.8 Å². The Morgan fingerprint density at radius 3 is 2.35 bits per heavy atom. The number of rotatable bonds is 0. The Labute approximate surface area is 103 Å². The van der Waals surface area contributed by atoms with E-state index in [9.17, 15) is 9.59 Å². The van der Waals surface area contributed by atoms with Gasteiger partial charge in [0.05, 0.1) is 0 Å². The van der Waals surface area contributed by atoms with Crippen molar-refractivity contribution in [3.63, 3.8) is 0 Å². The molecule has 0 aromatic heterocycles. The zero-order valence-electron chi connectivity index (χ0n) is 10.8. The molecule has 0 spiro atoms. The molecule has 2 heterocycles. The fraction of sp³-hybridized carbons (Fsp3) is 0.846. The molecule has 4 heteroatoms. The van der Waals surface area contributed by atoms with Gasteiger partial charge in [-0.15, -0.1) is 0 Å². The number of nitrogens with zero attached hydrogens (tertiary/aromatic N) is 2. The molecule has 0 saturated carbocycles. The number of Topliss-reactive ketones (excluding diaryl/α,β-unsaturated/α-hetero) is 1. The van der Waals surface area contributed by atoms with Gasteiger partial charge < -0.3 is 9.80 Å². The summed E-state index contributed by atoms with van der Waals surface area (Å²) < 4.78 is 0. The van der Waals surface area contributed by atoms with Gasteiger partial charge in [0.15, 0.2) is 0 Å². The van der Waals surface area contributed by atoms with E-state index >= 15 is 0 Å². The highest BCUT2D eigenvalue weighted by molar-refractivity contribution is 5.84. The summed E-state index contributed by atoms with van der Waals surface area (Å²) in [6, 6.07) is 0.135. The van der Waals surface area contributed by atoms with Gasteiger partial charge >= 0.3 is 6.03 Å². The number of hydrogen-bond donors (Lipinski definition) is 0. The molecule has 2 saturated heterocycles. The first-order valence-electron chi connectivity index (χ1n) is 6.64. The molecule has 2 amide bonds. The van der Waals surface area contributed by atoms with E-state index in [4.69, 9.17) is 0 Å². The third-order valence-electron chi connectivity index (χ3n) is 4.00. The van der Waals surface area contributed by atoms with Gasteiger partial charge in [0.1, 0.15) is 5.78 Å². The minimum absolute atomic E-state index is 0.0106. The molecule has 1 unspecified atom stereocenters. The van der Waals surface area contributed by atoms with Crippen molar-refractivity contribution in [3.05, 3.63) is 0 Å². The highest BCUT2D eigenvalue weighted by Crippen LogP contribution is 2.19. The standard InChI is InChI=1S/C13H22N2O2/c1-10-3-6-14(7-4-10)13(17)15-8-5-12(16)11(2)9-15/h10-11H,3-9H2,1-2H3. The fourth-order valence-electron chi connectivity index (χ4n) is 2.59. The Balaban J connectivity index is 1.89. The van der Waals surface area contributed by atoms with E-state index in [-0.39, 0.29) is 11.9 Å². The molecule has 2 aliphatic heterocycles. The first kappa shape index (κ1) is 12.4. The highest BCUT2D eigenvalue weighted by Gasteiger charge is 2.30. The fourth-order valence-corrected chi connectivity index (χ4v) is 2.59. The number of ketones is 1. The Morgan fingerprint density at radius 1 is 1.12 bits per heavy atom. The largest absolute Gasteiger partial charge is 0.325 e. The van der Waals surface area contributed by atoms with E-state index in [1.807, 2.05) is 16.7 Å². The van der Waals surface area contributed by atoms with Crippen LogP contribution in [0.2, 0.25) is 0 Å². The van der Waals surface area contributed by atoms with E-state index in [0.29, 0.717) is 25.3 Å². The Bertz CT molecular complexity index is 309. The third kappa shape index (κ3) is 2.79. The lowest BCUT2D eigenvalue weighted by molar-refractivity contribution is -0.124. The maximum absolute atomic E-state index is 12.3. The minimum atomic E-state index is 0.0106. The molecule has 0 bridgehead atoms. The van der Waals surface area contributed by atoms with Crippen LogP contribution in [0.25, 0.3) is 0 Å². The molecule has 0 aromatic rings. The number of carbonyl (C=O) groups excluding carboxylic acids is 2. The Kier molecular flexibility index (Phi) is 3.69. The van der Waals surface area contributed by atoms with Crippen molar-refractivity contribution in [1.82, 2.24) is 9.80 Å². The van der Waals surface area contributed by atoms with Crippen molar-refractivity contribution in [2.24, 2.45) is 11.8 Å². The first-order valence-corrected chi connectivity index (χ1v) is 6.64. The van der Waals surface area contributed by atoms with E-state index in [2.05, 4.69) is 6.92 Å². The van der Waals surface area contributed by atoms with Crippen LogP contribution in [-0.4, -0.2) is 47.8 Å². The van der Waals surface area contributed by atoms with E-state index in [1.54, 1.807) is 0 Å². The average Bonchev–Trinajstić information content (AvgIpc) is 2.33. The molecule has 2 fully saturated rings. The van der Waals surface area contributed by atoms with Crippen LogP contribution in [0.15, 0.2) is 0 Å². The van der Waals surface area contributed by atoms with E-state index in [1.165, 1.54) is 0 Å². The summed E-state index contributed by atoms with van der Waals surface area (Å²) in [7, 11) is 0. The number of piperidine rings is 2. The van der Waals surface area contributed by atoms with Gasteiger partial charge in [0, 0.05) is 38.5 Å². The Morgan fingerprint density at radius 2 is 1.76 bits per heavy atom. The number of likely N-dealkylation sites (tertiary alicyclic amines) is 2. The summed E-state index contributed by atoms with van der Waals surface area (Å²) in [6.45, 7) is 7.11. The van der Waals surface area contributed by atoms with Gasteiger partial charge in [-0.05, 0) is 18.8 Å². The van der Waals surface area contributed by atoms with Gasteiger partial charge in [-0.2, -0.15) is 0 Å². The van der Waals surface area contributed by atoms with Gasteiger partial charge in [-0.25, -0.2) is 4.79 Å². The lowest BCUT2D eigenvalue weighted by Gasteiger charge is -2.37. The normalized spacial score (nSPS) is 27.4. The highest BCUT2D eigenvalue weighted by atomic mass is 16.2. The van der Waals surface area contributed by atoms with Crippen LogP contribution in [-0.2, 0) is 4.79 Å². The van der Waals surface area contributed by atoms with Crippen molar-refractivity contribution >= 4 is 11.8 Å². The van der Waals surface area contributed by atoms with Crippen LogP contribution in [0.4, 0.5) is 4.79 Å². The molecule has 0 radical (unpaired) electrons. The van der Waals surface area contributed by atoms with Crippen molar-refractivity contribution in [2.75, 3.05) is 26.2 Å². The second kappa shape index (κ2) is 5.07. The predicted octanol–water partition coefficient (Wildman–Crippen LogP) is 1.75. The molecule has 96 valence electrons. The average molecular weight is 238 g/mol. The third-order valence-corrected chi connectivity index (χ3v) is 4.00. The molecular formula is C13H22N2O2. The summed E-state index contributed by atoms with van der Waals surface area (Å²) in [5.74, 6) is 1.04. The summed E-state index contributed by atoms with van der Waals surface area (Å²) in [6.07, 6.45) is 2.74. The number of amides is 2. The van der Waals surface area contributed by atoms with Crippen molar-refractivity contribution in [3.8, 4) is 0 Å². The lowest BCUT2D eigenvalue weighted by atomic mass is 9.98. The summed E-state index contributed by atoms with van der Waals surface area (Å²) >= 11 is 0. The summed E-state index contributed by atoms with van der Waals surface area (Å²) in [5.41, 5.74) is 0. The minimum Gasteiger partial charge on any atom is -0.325 e. The second-order valence-corrected chi connectivity index (χ2v) is 5.52. The molecule has 17 heavy (non-hydrogen) atoms. The van der Waals surface area contributed by atoms with Gasteiger partial charge in [0.2, 0.25) is 0 Å². The van der Waals surface area contributed by atoms with Crippen molar-refractivity contribution in [2.45, 2.75) is 33.1 Å². The van der Waals surface area contributed by atoms with Gasteiger partial charge in [-0.3, -0.25) is 4.79 Å². The van der Waals surface area contributed by atoms with E-state index < -0.39 is 0 Å². The first-order chi connectivity index (χ1) is 8.08. The van der Waals surface area contributed by atoms with Crippen molar-refractivity contribution < 1.29 is 9.59 Å². The lowest BCUT2D eigenvalue weighted by Crippen LogP contribution is -2.51. The SMILES string of the molecule is CC1CCN(C(=O)N2CCC(=O)C(C)C2)CC1. The molecule has 0 N–H and O–H groups in total. The van der Waals surface area contributed by atoms with Crippen LogP contribution in [0.1, 0.15) is 33.1 Å². The molecule has 0 aromatic carbocycles. The zero-order chi connectivity index (χ0) is 12.4. The molecule has 2 rings (SSSR count). The molecule has 0 aliphatic carbocycles. The van der Waals surface area contributed by atoms with Crippen LogP contribution >= 0.6 is 0 Å². The number of carbonyl (C=O) groups is 2. The molecule has 4 nitrogen and oxygen atoms in total. The number of urea groups is 1. The topological polar surface area (TPSA) is 40.6 Å². The maximum atomic E-state index is 12.3. The van der Waals surface area contributed by atoms with Crippen molar-refractivity contribution in [1.29, 1.82) is 0 Å². The Hall–Kier alpha value is -1.06. The summed E-state index contributed by atoms with van der Waals surface area (Å²) in [5, 5.41) is 0. The smallest absolute Gasteiger partial charge is 0.320 e. The predicted molar refractivity (Wildman–Crippen MR) is 65.7 cm³/mol. The number of hydrogen-bond acceptors (Lipinski definition) is 2. The van der Waals surface area contributed by atoms with Crippen LogP contribution < -0.4 is 0 Å².